The minimum absolute atomic E-state index is 0.336. The number of carboxylic acid groups (broad SMARTS) is 1. The summed E-state index contributed by atoms with van der Waals surface area (Å²) in [5, 5.41) is 8.75. The minimum Gasteiger partial charge on any atom is -0.478 e. The van der Waals surface area contributed by atoms with Crippen molar-refractivity contribution in [3.8, 4) is 0 Å². The van der Waals surface area contributed by atoms with Gasteiger partial charge in [0.05, 0.1) is 5.57 Å². The van der Waals surface area contributed by atoms with Crippen molar-refractivity contribution in [2.24, 2.45) is 0 Å². The number of carboxylic acids is 1. The molecular formula is C12H12O2. The van der Waals surface area contributed by atoms with Gasteiger partial charge >= 0.3 is 5.97 Å². The summed E-state index contributed by atoms with van der Waals surface area (Å²) in [4.78, 5) is 10.7. The average molecular weight is 188 g/mol. The summed E-state index contributed by atoms with van der Waals surface area (Å²) < 4.78 is 0. The zero-order valence-electron chi connectivity index (χ0n) is 7.81. The summed E-state index contributed by atoms with van der Waals surface area (Å²) in [7, 11) is 0. The Morgan fingerprint density at radius 3 is 3.00 bits per heavy atom. The highest BCUT2D eigenvalue weighted by molar-refractivity contribution is 5.90. The third kappa shape index (κ3) is 2.90. The van der Waals surface area contributed by atoms with E-state index in [-0.39, 0.29) is 0 Å². The molecule has 0 unspecified atom stereocenters. The molecule has 0 aromatic rings. The van der Waals surface area contributed by atoms with E-state index in [1.54, 1.807) is 24.3 Å². The first-order chi connectivity index (χ1) is 6.74. The molecule has 14 heavy (non-hydrogen) atoms. The average Bonchev–Trinajstić information content (AvgIpc) is 2.39. The zero-order chi connectivity index (χ0) is 10.4. The first kappa shape index (κ1) is 10.3. The quantitative estimate of drug-likeness (QED) is 0.691. The molecule has 0 atom stereocenters. The lowest BCUT2D eigenvalue weighted by Crippen LogP contribution is -1.96. The van der Waals surface area contributed by atoms with Crippen molar-refractivity contribution < 1.29 is 9.90 Å². The summed E-state index contributed by atoms with van der Waals surface area (Å²) in [5.41, 5.74) is 1.40. The molecule has 0 heterocycles. The molecule has 72 valence electrons. The SMILES string of the molecule is C=CC=CC1=CC=CC(C(=O)O)=CC1. The van der Waals surface area contributed by atoms with Gasteiger partial charge in [-0.15, -0.1) is 0 Å². The summed E-state index contributed by atoms with van der Waals surface area (Å²) in [6.07, 6.45) is 13.0. The van der Waals surface area contributed by atoms with Crippen LogP contribution in [0.1, 0.15) is 6.42 Å². The van der Waals surface area contributed by atoms with Crippen molar-refractivity contribution in [2.45, 2.75) is 6.42 Å². The molecule has 1 aliphatic carbocycles. The maximum Gasteiger partial charge on any atom is 0.335 e. The predicted molar refractivity (Wildman–Crippen MR) is 56.9 cm³/mol. The highest BCUT2D eigenvalue weighted by atomic mass is 16.4. The van der Waals surface area contributed by atoms with Gasteiger partial charge in [0.2, 0.25) is 0 Å². The molecule has 2 heteroatoms. The highest BCUT2D eigenvalue weighted by Crippen LogP contribution is 2.12. The van der Waals surface area contributed by atoms with Crippen LogP contribution in [0, 0.1) is 0 Å². The Kier molecular flexibility index (Phi) is 3.68. The largest absolute Gasteiger partial charge is 0.478 e. The van der Waals surface area contributed by atoms with Crippen LogP contribution in [0.3, 0.4) is 0 Å². The third-order valence-electron chi connectivity index (χ3n) is 1.84. The first-order valence-corrected chi connectivity index (χ1v) is 4.34. The molecule has 0 amide bonds. The molecule has 0 fully saturated rings. The van der Waals surface area contributed by atoms with Gasteiger partial charge in [-0.25, -0.2) is 4.79 Å². The van der Waals surface area contributed by atoms with Gasteiger partial charge in [-0.1, -0.05) is 43.0 Å². The summed E-state index contributed by atoms with van der Waals surface area (Å²) in [6.45, 7) is 3.57. The van der Waals surface area contributed by atoms with E-state index in [2.05, 4.69) is 6.58 Å². The number of hydrogen-bond donors (Lipinski definition) is 1. The van der Waals surface area contributed by atoms with E-state index in [1.807, 2.05) is 18.2 Å². The van der Waals surface area contributed by atoms with Crippen molar-refractivity contribution in [1.29, 1.82) is 0 Å². The van der Waals surface area contributed by atoms with Crippen LogP contribution < -0.4 is 0 Å². The fourth-order valence-electron chi connectivity index (χ4n) is 1.11. The number of rotatable bonds is 3. The standard InChI is InChI=1S/C12H12O2/c1-2-3-5-10-6-4-7-11(9-8-10)12(13)14/h2-7,9H,1,8H2,(H,13,14). The fraction of sp³-hybridized carbons (Fsp3) is 0.0833. The molecule has 0 radical (unpaired) electrons. The van der Waals surface area contributed by atoms with E-state index >= 15 is 0 Å². The van der Waals surface area contributed by atoms with Crippen LogP contribution in [0.25, 0.3) is 0 Å². The zero-order valence-corrected chi connectivity index (χ0v) is 7.81. The summed E-state index contributed by atoms with van der Waals surface area (Å²) >= 11 is 0. The molecule has 0 spiro atoms. The number of aliphatic carboxylic acids is 1. The van der Waals surface area contributed by atoms with Crippen molar-refractivity contribution in [1.82, 2.24) is 0 Å². The van der Waals surface area contributed by atoms with Gasteiger partial charge in [0, 0.05) is 0 Å². The van der Waals surface area contributed by atoms with Crippen LogP contribution in [-0.4, -0.2) is 11.1 Å². The van der Waals surface area contributed by atoms with Crippen LogP contribution in [-0.2, 0) is 4.79 Å². The Labute approximate surface area is 83.3 Å². The van der Waals surface area contributed by atoms with Gasteiger partial charge in [0.15, 0.2) is 0 Å². The smallest absolute Gasteiger partial charge is 0.335 e. The lowest BCUT2D eigenvalue weighted by molar-refractivity contribution is -0.132. The lowest BCUT2D eigenvalue weighted by Gasteiger charge is -1.94. The molecular weight excluding hydrogens is 176 g/mol. The Bertz CT molecular complexity index is 355. The van der Waals surface area contributed by atoms with E-state index in [4.69, 9.17) is 5.11 Å². The molecule has 1 N–H and O–H groups in total. The first-order valence-electron chi connectivity index (χ1n) is 4.34. The van der Waals surface area contributed by atoms with Crippen molar-refractivity contribution in [3.63, 3.8) is 0 Å². The molecule has 2 nitrogen and oxygen atoms in total. The van der Waals surface area contributed by atoms with Gasteiger partial charge in [0.25, 0.3) is 0 Å². The topological polar surface area (TPSA) is 37.3 Å². The molecule has 0 aromatic heterocycles. The molecule has 0 saturated heterocycles. The molecule has 0 saturated carbocycles. The van der Waals surface area contributed by atoms with Crippen molar-refractivity contribution in [2.75, 3.05) is 0 Å². The van der Waals surface area contributed by atoms with Gasteiger partial charge in [-0.2, -0.15) is 0 Å². The van der Waals surface area contributed by atoms with Crippen LogP contribution in [0.15, 0.2) is 60.3 Å². The molecule has 1 rings (SSSR count). The second-order valence-corrected chi connectivity index (χ2v) is 2.86. The Hall–Kier alpha value is -1.83. The molecule has 1 aliphatic rings. The predicted octanol–water partition coefficient (Wildman–Crippen LogP) is 2.63. The summed E-state index contributed by atoms with van der Waals surface area (Å²) in [5.74, 6) is -0.886. The van der Waals surface area contributed by atoms with Crippen LogP contribution in [0.5, 0.6) is 0 Å². The molecule has 0 aromatic carbocycles. The van der Waals surface area contributed by atoms with Crippen molar-refractivity contribution >= 4 is 5.97 Å². The van der Waals surface area contributed by atoms with Crippen LogP contribution in [0.4, 0.5) is 0 Å². The Balaban J connectivity index is 2.77. The van der Waals surface area contributed by atoms with Gasteiger partial charge in [-0.3, -0.25) is 0 Å². The third-order valence-corrected chi connectivity index (χ3v) is 1.84. The lowest BCUT2D eigenvalue weighted by atomic mass is 10.1. The van der Waals surface area contributed by atoms with E-state index in [1.165, 1.54) is 0 Å². The van der Waals surface area contributed by atoms with Gasteiger partial charge < -0.3 is 5.11 Å². The van der Waals surface area contributed by atoms with E-state index in [0.717, 1.165) is 5.57 Å². The second kappa shape index (κ2) is 5.02. The highest BCUT2D eigenvalue weighted by Gasteiger charge is 2.04. The Morgan fingerprint density at radius 1 is 1.57 bits per heavy atom. The molecule has 0 bridgehead atoms. The second-order valence-electron chi connectivity index (χ2n) is 2.86. The molecule has 0 aliphatic heterocycles. The van der Waals surface area contributed by atoms with Crippen molar-refractivity contribution in [3.05, 3.63) is 60.3 Å². The fourth-order valence-corrected chi connectivity index (χ4v) is 1.11. The van der Waals surface area contributed by atoms with Crippen LogP contribution in [0.2, 0.25) is 0 Å². The van der Waals surface area contributed by atoms with E-state index in [0.29, 0.717) is 12.0 Å². The van der Waals surface area contributed by atoms with Gasteiger partial charge in [-0.05, 0) is 18.1 Å². The summed E-state index contributed by atoms with van der Waals surface area (Å²) in [6, 6.07) is 0. The Morgan fingerprint density at radius 2 is 2.36 bits per heavy atom. The van der Waals surface area contributed by atoms with Gasteiger partial charge in [0.1, 0.15) is 0 Å². The number of allylic oxidation sites excluding steroid dienone is 7. The normalized spacial score (nSPS) is 16.0. The maximum absolute atomic E-state index is 10.7. The minimum atomic E-state index is -0.886. The van der Waals surface area contributed by atoms with E-state index in [9.17, 15) is 4.79 Å². The van der Waals surface area contributed by atoms with E-state index < -0.39 is 5.97 Å². The number of hydrogen-bond acceptors (Lipinski definition) is 1. The maximum atomic E-state index is 10.7. The van der Waals surface area contributed by atoms with Crippen LogP contribution >= 0.6 is 0 Å². The monoisotopic (exact) mass is 188 g/mol. The number of carbonyl (C=O) groups is 1.